The standard InChI is InChI=1S/C12H23NS.CH3NO/c1-3-4-7-14-13-9-11-5-6-12(13)10(2)8-11;2-1-3/h10-12H,3-9H2,1-2H3;1H,(H2,2,3). The van der Waals surface area contributed by atoms with Crippen molar-refractivity contribution in [3.63, 3.8) is 0 Å². The highest BCUT2D eigenvalue weighted by atomic mass is 32.2. The third-order valence-electron chi connectivity index (χ3n) is 3.80. The van der Waals surface area contributed by atoms with Crippen molar-refractivity contribution < 1.29 is 4.79 Å². The summed E-state index contributed by atoms with van der Waals surface area (Å²) in [5.41, 5.74) is 4.17. The van der Waals surface area contributed by atoms with Gasteiger partial charge in [-0.2, -0.15) is 0 Å². The van der Waals surface area contributed by atoms with Gasteiger partial charge in [0, 0.05) is 18.3 Å². The van der Waals surface area contributed by atoms with Gasteiger partial charge in [0.05, 0.1) is 0 Å². The first kappa shape index (κ1) is 14.8. The van der Waals surface area contributed by atoms with Crippen LogP contribution in [0.15, 0.2) is 0 Å². The van der Waals surface area contributed by atoms with E-state index in [4.69, 9.17) is 4.79 Å². The van der Waals surface area contributed by atoms with Crippen molar-refractivity contribution in [2.45, 2.75) is 52.0 Å². The maximum absolute atomic E-state index is 8.58. The Morgan fingerprint density at radius 3 is 2.71 bits per heavy atom. The van der Waals surface area contributed by atoms with E-state index in [1.165, 1.54) is 44.4 Å². The Labute approximate surface area is 110 Å². The molecule has 1 amide bonds. The Morgan fingerprint density at radius 1 is 1.47 bits per heavy atom. The predicted octanol–water partition coefficient (Wildman–Crippen LogP) is 2.66. The van der Waals surface area contributed by atoms with E-state index in [-0.39, 0.29) is 6.41 Å². The molecule has 2 N–H and O–H groups in total. The van der Waals surface area contributed by atoms with Crippen molar-refractivity contribution in [2.75, 3.05) is 12.3 Å². The fourth-order valence-corrected chi connectivity index (χ4v) is 4.42. The van der Waals surface area contributed by atoms with E-state index in [0.29, 0.717) is 0 Å². The molecule has 2 bridgehead atoms. The lowest BCUT2D eigenvalue weighted by atomic mass is 9.75. The van der Waals surface area contributed by atoms with Crippen molar-refractivity contribution in [1.82, 2.24) is 4.31 Å². The molecule has 1 aliphatic carbocycles. The molecule has 0 spiro atoms. The molecule has 3 fully saturated rings. The molecular formula is C13H26N2OS. The second-order valence-corrected chi connectivity index (χ2v) is 6.28. The molecule has 2 aliphatic heterocycles. The molecule has 0 radical (unpaired) electrons. The van der Waals surface area contributed by atoms with E-state index in [1.807, 2.05) is 0 Å². The number of carbonyl (C=O) groups is 1. The first-order valence-corrected chi connectivity index (χ1v) is 7.72. The van der Waals surface area contributed by atoms with Gasteiger partial charge >= 0.3 is 0 Å². The van der Waals surface area contributed by atoms with Crippen molar-refractivity contribution in [2.24, 2.45) is 17.6 Å². The number of carbonyl (C=O) groups excluding carboxylic acids is 1. The number of piperidine rings is 2. The highest BCUT2D eigenvalue weighted by molar-refractivity contribution is 7.97. The highest BCUT2D eigenvalue weighted by Crippen LogP contribution is 2.41. The van der Waals surface area contributed by atoms with Crippen molar-refractivity contribution in [1.29, 1.82) is 0 Å². The Hall–Kier alpha value is -0.220. The second kappa shape index (κ2) is 7.98. The van der Waals surface area contributed by atoms with Crippen molar-refractivity contribution in [3.05, 3.63) is 0 Å². The predicted molar refractivity (Wildman–Crippen MR) is 74.6 cm³/mol. The minimum absolute atomic E-state index is 0.250. The molecule has 17 heavy (non-hydrogen) atoms. The van der Waals surface area contributed by atoms with Crippen LogP contribution in [0.3, 0.4) is 0 Å². The minimum Gasteiger partial charge on any atom is -0.372 e. The zero-order valence-corrected chi connectivity index (χ0v) is 11.9. The molecule has 3 atom stereocenters. The molecule has 0 aromatic carbocycles. The second-order valence-electron chi connectivity index (χ2n) is 5.15. The molecule has 4 heteroatoms. The van der Waals surface area contributed by atoms with Crippen LogP contribution in [0.1, 0.15) is 46.0 Å². The van der Waals surface area contributed by atoms with E-state index in [9.17, 15) is 0 Å². The summed E-state index contributed by atoms with van der Waals surface area (Å²) in [6.07, 6.45) is 7.43. The number of fused-ring (bicyclic) bond motifs is 3. The van der Waals surface area contributed by atoms with Gasteiger partial charge in [-0.25, -0.2) is 4.31 Å². The van der Waals surface area contributed by atoms with Gasteiger partial charge in [0.2, 0.25) is 6.41 Å². The normalized spacial score (nSPS) is 31.8. The molecule has 0 aromatic heterocycles. The third-order valence-corrected chi connectivity index (χ3v) is 5.02. The zero-order chi connectivity index (χ0) is 12.7. The molecule has 3 rings (SSSR count). The summed E-state index contributed by atoms with van der Waals surface area (Å²) in [4.78, 5) is 8.58. The molecule has 3 nitrogen and oxygen atoms in total. The van der Waals surface area contributed by atoms with Crippen molar-refractivity contribution >= 4 is 18.4 Å². The fraction of sp³-hybridized carbons (Fsp3) is 0.923. The number of hydrogen-bond acceptors (Lipinski definition) is 3. The minimum atomic E-state index is 0.250. The van der Waals surface area contributed by atoms with Gasteiger partial charge in [0.1, 0.15) is 0 Å². The first-order chi connectivity index (χ1) is 8.22. The average molecular weight is 258 g/mol. The topological polar surface area (TPSA) is 46.3 Å². The van der Waals surface area contributed by atoms with Gasteiger partial charge in [-0.05, 0) is 37.5 Å². The lowest BCUT2D eigenvalue weighted by Crippen LogP contribution is -2.48. The number of primary amides is 1. The summed E-state index contributed by atoms with van der Waals surface area (Å²) >= 11 is 2.12. The molecule has 100 valence electrons. The summed E-state index contributed by atoms with van der Waals surface area (Å²) in [7, 11) is 0. The van der Waals surface area contributed by atoms with Crippen LogP contribution in [0.4, 0.5) is 0 Å². The largest absolute Gasteiger partial charge is 0.372 e. The van der Waals surface area contributed by atoms with E-state index in [2.05, 4.69) is 35.8 Å². The quantitative estimate of drug-likeness (QED) is 0.479. The van der Waals surface area contributed by atoms with Gasteiger partial charge in [0.25, 0.3) is 0 Å². The number of rotatable bonds is 4. The van der Waals surface area contributed by atoms with Crippen LogP contribution in [0.2, 0.25) is 0 Å². The van der Waals surface area contributed by atoms with Crippen LogP contribution >= 0.6 is 11.9 Å². The maximum atomic E-state index is 8.58. The van der Waals surface area contributed by atoms with Crippen LogP contribution in [0, 0.1) is 11.8 Å². The Bertz CT molecular complexity index is 225. The highest BCUT2D eigenvalue weighted by Gasteiger charge is 2.38. The van der Waals surface area contributed by atoms with Gasteiger partial charge in [-0.15, -0.1) is 0 Å². The molecular weight excluding hydrogens is 232 g/mol. The van der Waals surface area contributed by atoms with E-state index in [0.717, 1.165) is 17.9 Å². The lowest BCUT2D eigenvalue weighted by Gasteiger charge is -2.48. The van der Waals surface area contributed by atoms with Crippen LogP contribution in [-0.2, 0) is 4.79 Å². The lowest BCUT2D eigenvalue weighted by molar-refractivity contribution is -0.106. The number of hydrogen-bond donors (Lipinski definition) is 1. The summed E-state index contributed by atoms with van der Waals surface area (Å²) in [5, 5.41) is 0. The summed E-state index contributed by atoms with van der Waals surface area (Å²) < 4.78 is 2.71. The molecule has 2 saturated heterocycles. The monoisotopic (exact) mass is 258 g/mol. The molecule has 0 aromatic rings. The number of amides is 1. The number of unbranched alkanes of at least 4 members (excludes halogenated alkanes) is 1. The Morgan fingerprint density at radius 2 is 2.18 bits per heavy atom. The summed E-state index contributed by atoms with van der Waals surface area (Å²) in [5.74, 6) is 3.31. The van der Waals surface area contributed by atoms with Gasteiger partial charge in [-0.3, -0.25) is 4.79 Å². The van der Waals surface area contributed by atoms with Crippen LogP contribution in [-0.4, -0.2) is 29.1 Å². The third kappa shape index (κ3) is 4.51. The van der Waals surface area contributed by atoms with E-state index < -0.39 is 0 Å². The van der Waals surface area contributed by atoms with Crippen LogP contribution in [0.5, 0.6) is 0 Å². The molecule has 3 unspecified atom stereocenters. The first-order valence-electron chi connectivity index (χ1n) is 6.77. The molecule has 2 heterocycles. The summed E-state index contributed by atoms with van der Waals surface area (Å²) in [6.45, 7) is 6.11. The van der Waals surface area contributed by atoms with Crippen LogP contribution in [0.25, 0.3) is 0 Å². The summed E-state index contributed by atoms with van der Waals surface area (Å²) in [6, 6.07) is 0.904. The van der Waals surface area contributed by atoms with Gasteiger partial charge < -0.3 is 5.73 Å². The van der Waals surface area contributed by atoms with Crippen molar-refractivity contribution in [3.8, 4) is 0 Å². The van der Waals surface area contributed by atoms with Gasteiger partial charge in [0.15, 0.2) is 0 Å². The van der Waals surface area contributed by atoms with E-state index in [1.54, 1.807) is 0 Å². The molecule has 1 saturated carbocycles. The smallest absolute Gasteiger partial charge is 0.204 e. The maximum Gasteiger partial charge on any atom is 0.204 e. The SMILES string of the molecule is CCCCSN1CC2CCC1C(C)C2.NC=O. The fourth-order valence-electron chi connectivity index (χ4n) is 2.95. The van der Waals surface area contributed by atoms with Crippen LogP contribution < -0.4 is 5.73 Å². The average Bonchev–Trinajstić information content (AvgIpc) is 2.31. The number of nitrogens with two attached hydrogens (primary N) is 1. The zero-order valence-electron chi connectivity index (χ0n) is 11.1. The Kier molecular flexibility index (Phi) is 6.97. The molecule has 3 aliphatic rings. The Balaban J connectivity index is 0.000000437. The number of nitrogens with zero attached hydrogens (tertiary/aromatic N) is 1. The van der Waals surface area contributed by atoms with Gasteiger partial charge in [-0.1, -0.05) is 32.2 Å². The van der Waals surface area contributed by atoms with E-state index >= 15 is 0 Å².